The van der Waals surface area contributed by atoms with Crippen molar-refractivity contribution in [2.45, 2.75) is 52.2 Å². The molecule has 2 aromatic carbocycles. The number of sulfonamides is 1. The third kappa shape index (κ3) is 8.08. The van der Waals surface area contributed by atoms with Gasteiger partial charge in [-0.2, -0.15) is 0 Å². The van der Waals surface area contributed by atoms with E-state index in [9.17, 15) is 22.4 Å². The van der Waals surface area contributed by atoms with Crippen molar-refractivity contribution in [2.75, 3.05) is 17.1 Å². The first kappa shape index (κ1) is 28.9. The van der Waals surface area contributed by atoms with Crippen LogP contribution < -0.4 is 9.62 Å². The van der Waals surface area contributed by atoms with Crippen molar-refractivity contribution >= 4 is 50.7 Å². The van der Waals surface area contributed by atoms with Gasteiger partial charge in [-0.05, 0) is 55.7 Å². The average Bonchev–Trinajstić information content (AvgIpc) is 2.79. The Kier molecular flexibility index (Phi) is 10.4. The van der Waals surface area contributed by atoms with Crippen LogP contribution >= 0.6 is 23.2 Å². The Morgan fingerprint density at radius 2 is 1.69 bits per heavy atom. The van der Waals surface area contributed by atoms with Crippen LogP contribution in [-0.4, -0.2) is 50.0 Å². The number of hydrogen-bond acceptors (Lipinski definition) is 4. The van der Waals surface area contributed by atoms with Crippen molar-refractivity contribution in [3.8, 4) is 0 Å². The molecule has 2 unspecified atom stereocenters. The highest BCUT2D eigenvalue weighted by molar-refractivity contribution is 7.92. The summed E-state index contributed by atoms with van der Waals surface area (Å²) in [5.41, 5.74) is 0.754. The number of anilines is 1. The molecule has 0 bridgehead atoms. The maximum absolute atomic E-state index is 13.7. The summed E-state index contributed by atoms with van der Waals surface area (Å²) in [4.78, 5) is 28.0. The van der Waals surface area contributed by atoms with Crippen LogP contribution in [0.2, 0.25) is 10.0 Å². The largest absolute Gasteiger partial charge is 0.352 e. The number of nitrogens with one attached hydrogen (secondary N) is 1. The maximum atomic E-state index is 13.7. The van der Waals surface area contributed by atoms with E-state index in [4.69, 9.17) is 23.2 Å². The maximum Gasteiger partial charge on any atom is 0.244 e. The van der Waals surface area contributed by atoms with E-state index in [2.05, 4.69) is 5.32 Å². The van der Waals surface area contributed by atoms with Gasteiger partial charge in [0.2, 0.25) is 21.8 Å². The molecule has 2 amide bonds. The van der Waals surface area contributed by atoms with Crippen molar-refractivity contribution < 1.29 is 22.4 Å². The highest BCUT2D eigenvalue weighted by Crippen LogP contribution is 2.25. The molecule has 0 aliphatic rings. The highest BCUT2D eigenvalue weighted by atomic mass is 35.5. The van der Waals surface area contributed by atoms with E-state index in [0.29, 0.717) is 23.4 Å². The van der Waals surface area contributed by atoms with Crippen molar-refractivity contribution in [1.29, 1.82) is 0 Å². The lowest BCUT2D eigenvalue weighted by atomic mass is 10.1. The van der Waals surface area contributed by atoms with E-state index < -0.39 is 34.3 Å². The van der Waals surface area contributed by atoms with Crippen LogP contribution in [0.25, 0.3) is 0 Å². The molecule has 11 heteroatoms. The van der Waals surface area contributed by atoms with Gasteiger partial charge in [-0.1, -0.05) is 49.2 Å². The number of nitrogens with zero attached hydrogens (tertiary/aromatic N) is 2. The fraction of sp³-hybridized carbons (Fsp3) is 0.417. The number of amides is 2. The van der Waals surface area contributed by atoms with Crippen molar-refractivity contribution in [1.82, 2.24) is 10.2 Å². The number of hydrogen-bond donors (Lipinski definition) is 1. The summed E-state index contributed by atoms with van der Waals surface area (Å²) in [6.45, 7) is 5.03. The predicted octanol–water partition coefficient (Wildman–Crippen LogP) is 4.62. The Balaban J connectivity index is 2.45. The number of rotatable bonds is 11. The first-order valence-electron chi connectivity index (χ1n) is 11.1. The molecule has 0 aliphatic carbocycles. The normalized spacial score (nSPS) is 13.1. The number of benzene rings is 2. The van der Waals surface area contributed by atoms with Gasteiger partial charge in [-0.25, -0.2) is 12.8 Å². The lowest BCUT2D eigenvalue weighted by Crippen LogP contribution is -2.53. The van der Waals surface area contributed by atoms with Gasteiger partial charge in [0, 0.05) is 17.6 Å². The Labute approximate surface area is 216 Å². The van der Waals surface area contributed by atoms with Gasteiger partial charge in [0.15, 0.2) is 0 Å². The topological polar surface area (TPSA) is 86.8 Å². The summed E-state index contributed by atoms with van der Waals surface area (Å²) in [5.74, 6) is -1.65. The van der Waals surface area contributed by atoms with Gasteiger partial charge in [0.25, 0.3) is 0 Å². The fourth-order valence-electron chi connectivity index (χ4n) is 3.40. The molecule has 0 spiro atoms. The molecule has 0 saturated heterocycles. The minimum Gasteiger partial charge on any atom is -0.352 e. The quantitative estimate of drug-likeness (QED) is 0.446. The van der Waals surface area contributed by atoms with Crippen LogP contribution in [0, 0.1) is 5.82 Å². The number of carbonyl (C=O) groups is 2. The molecular weight excluding hydrogens is 516 g/mol. The van der Waals surface area contributed by atoms with Gasteiger partial charge in [0.1, 0.15) is 18.4 Å². The number of carbonyl (C=O) groups excluding carboxylic acids is 2. The molecule has 192 valence electrons. The van der Waals surface area contributed by atoms with E-state index in [1.54, 1.807) is 31.2 Å². The Bertz CT molecular complexity index is 1150. The minimum atomic E-state index is -3.94. The van der Waals surface area contributed by atoms with Gasteiger partial charge in [-0.15, -0.1) is 0 Å². The molecule has 2 aromatic rings. The fourth-order valence-corrected chi connectivity index (χ4v) is 4.54. The van der Waals surface area contributed by atoms with Gasteiger partial charge >= 0.3 is 0 Å². The third-order valence-electron chi connectivity index (χ3n) is 5.52. The molecule has 1 N–H and O–H groups in total. The second-order valence-corrected chi connectivity index (χ2v) is 11.0. The van der Waals surface area contributed by atoms with Crippen molar-refractivity contribution in [3.63, 3.8) is 0 Å². The zero-order valence-corrected chi connectivity index (χ0v) is 22.4. The first-order chi connectivity index (χ1) is 16.4. The average molecular weight is 546 g/mol. The Morgan fingerprint density at radius 3 is 2.20 bits per heavy atom. The molecule has 0 heterocycles. The predicted molar refractivity (Wildman–Crippen MR) is 138 cm³/mol. The summed E-state index contributed by atoms with van der Waals surface area (Å²) >= 11 is 11.8. The van der Waals surface area contributed by atoms with Crippen LogP contribution in [-0.2, 0) is 26.2 Å². The van der Waals surface area contributed by atoms with Crippen molar-refractivity contribution in [3.05, 3.63) is 63.9 Å². The molecule has 7 nitrogen and oxygen atoms in total. The van der Waals surface area contributed by atoms with E-state index in [0.717, 1.165) is 22.7 Å². The Hall–Kier alpha value is -2.36. The van der Waals surface area contributed by atoms with E-state index in [-0.39, 0.29) is 29.2 Å². The lowest BCUT2D eigenvalue weighted by Gasteiger charge is -2.33. The van der Waals surface area contributed by atoms with Gasteiger partial charge in [-0.3, -0.25) is 13.9 Å². The zero-order chi connectivity index (χ0) is 26.3. The smallest absolute Gasteiger partial charge is 0.244 e. The first-order valence-corrected chi connectivity index (χ1v) is 13.7. The molecule has 0 fully saturated rings. The summed E-state index contributed by atoms with van der Waals surface area (Å²) in [7, 11) is -3.94. The second-order valence-electron chi connectivity index (χ2n) is 8.26. The van der Waals surface area contributed by atoms with Crippen LogP contribution in [0.4, 0.5) is 10.1 Å². The molecular formula is C24H30Cl2FN3O4S. The van der Waals surface area contributed by atoms with E-state index >= 15 is 0 Å². The van der Waals surface area contributed by atoms with Gasteiger partial charge < -0.3 is 10.2 Å². The SMILES string of the molecule is CCC(C)NC(=O)C(CC)N(Cc1ccc(Cl)cc1)C(=O)CN(c1ccc(F)c(Cl)c1)S(C)(=O)=O. The van der Waals surface area contributed by atoms with Crippen LogP contribution in [0.3, 0.4) is 0 Å². The number of halogens is 3. The van der Waals surface area contributed by atoms with E-state index in [1.165, 1.54) is 11.0 Å². The van der Waals surface area contributed by atoms with Crippen LogP contribution in [0.5, 0.6) is 0 Å². The van der Waals surface area contributed by atoms with Crippen LogP contribution in [0.1, 0.15) is 39.2 Å². The highest BCUT2D eigenvalue weighted by Gasteiger charge is 2.32. The van der Waals surface area contributed by atoms with Gasteiger partial charge in [0.05, 0.1) is 17.0 Å². The third-order valence-corrected chi connectivity index (χ3v) is 7.21. The van der Waals surface area contributed by atoms with E-state index in [1.807, 2.05) is 13.8 Å². The molecule has 0 saturated carbocycles. The monoisotopic (exact) mass is 545 g/mol. The molecule has 2 atom stereocenters. The zero-order valence-electron chi connectivity index (χ0n) is 20.1. The Morgan fingerprint density at radius 1 is 1.06 bits per heavy atom. The molecule has 0 aliphatic heterocycles. The molecule has 2 rings (SSSR count). The second kappa shape index (κ2) is 12.6. The summed E-state index contributed by atoms with van der Waals surface area (Å²) < 4.78 is 39.6. The standard InChI is InChI=1S/C24H30Cl2FN3O4S/c1-5-16(3)28-24(32)22(6-2)29(14-17-7-9-18(25)10-8-17)23(31)15-30(35(4,33)34)19-11-12-21(27)20(26)13-19/h7-13,16,22H,5-6,14-15H2,1-4H3,(H,28,32). The van der Waals surface area contributed by atoms with Crippen molar-refractivity contribution in [2.24, 2.45) is 0 Å². The molecule has 35 heavy (non-hydrogen) atoms. The lowest BCUT2D eigenvalue weighted by molar-refractivity contribution is -0.140. The summed E-state index contributed by atoms with van der Waals surface area (Å²) in [5, 5.41) is 3.14. The molecule has 0 aromatic heterocycles. The minimum absolute atomic E-state index is 0.0378. The molecule has 0 radical (unpaired) electrons. The van der Waals surface area contributed by atoms with Crippen LogP contribution in [0.15, 0.2) is 42.5 Å². The summed E-state index contributed by atoms with van der Waals surface area (Å²) in [6.07, 6.45) is 1.96. The summed E-state index contributed by atoms with van der Waals surface area (Å²) in [6, 6.07) is 9.26.